The molecule has 1 amide bonds. The first kappa shape index (κ1) is 20.4. The number of terminal acetylenes is 1. The zero-order valence-corrected chi connectivity index (χ0v) is 16.4. The number of aliphatic hydroxyl groups is 1. The van der Waals surface area contributed by atoms with E-state index in [1.54, 1.807) is 19.1 Å². The van der Waals surface area contributed by atoms with Crippen molar-refractivity contribution in [2.75, 3.05) is 11.9 Å². The zero-order valence-electron chi connectivity index (χ0n) is 15.6. The largest absolute Gasteiger partial charge is 0.488 e. The Morgan fingerprint density at radius 3 is 2.90 bits per heavy atom. The van der Waals surface area contributed by atoms with E-state index in [1.807, 2.05) is 6.07 Å². The van der Waals surface area contributed by atoms with Gasteiger partial charge in [-0.1, -0.05) is 12.0 Å². The first-order valence-corrected chi connectivity index (χ1v) is 9.97. The summed E-state index contributed by atoms with van der Waals surface area (Å²) >= 11 is 0. The highest BCUT2D eigenvalue weighted by atomic mass is 32.2. The highest BCUT2D eigenvalue weighted by Crippen LogP contribution is 2.33. The molecule has 0 aliphatic carbocycles. The maximum Gasteiger partial charge on any atom is 0.276 e. The van der Waals surface area contributed by atoms with E-state index in [2.05, 4.69) is 16.0 Å². The number of sulfonamides is 1. The fraction of sp³-hybridized carbons (Fsp3) is 0.263. The quantitative estimate of drug-likeness (QED) is 0.626. The number of aryl methyl sites for hydroxylation is 2. The average molecular weight is 414 g/mol. The first-order valence-electron chi connectivity index (χ1n) is 8.48. The van der Waals surface area contributed by atoms with Crippen LogP contribution in [0.15, 0.2) is 29.3 Å². The molecule has 1 aliphatic rings. The topological polar surface area (TPSA) is 133 Å². The molecule has 0 unspecified atom stereocenters. The highest BCUT2D eigenvalue weighted by Gasteiger charge is 2.36. The molecule has 1 aromatic heterocycles. The van der Waals surface area contributed by atoms with Gasteiger partial charge in [0, 0.05) is 18.9 Å². The van der Waals surface area contributed by atoms with E-state index >= 15 is 0 Å². The number of nitriles is 1. The van der Waals surface area contributed by atoms with E-state index < -0.39 is 28.1 Å². The lowest BCUT2D eigenvalue weighted by molar-refractivity contribution is 0.101. The molecular weight excluding hydrogens is 396 g/mol. The molecule has 2 atom stereocenters. The lowest BCUT2D eigenvalue weighted by Crippen LogP contribution is -2.44. The van der Waals surface area contributed by atoms with Crippen LogP contribution in [0.3, 0.4) is 0 Å². The number of amides is 1. The summed E-state index contributed by atoms with van der Waals surface area (Å²) in [6, 6.07) is 5.82. The Morgan fingerprint density at radius 1 is 1.52 bits per heavy atom. The Balaban J connectivity index is 1.97. The van der Waals surface area contributed by atoms with Crippen molar-refractivity contribution in [1.29, 1.82) is 5.26 Å². The summed E-state index contributed by atoms with van der Waals surface area (Å²) in [4.78, 5) is 12.6. The van der Waals surface area contributed by atoms with E-state index in [-0.39, 0.29) is 22.9 Å². The monoisotopic (exact) mass is 414 g/mol. The maximum absolute atomic E-state index is 12.9. The van der Waals surface area contributed by atoms with E-state index in [9.17, 15) is 18.3 Å². The molecule has 150 valence electrons. The molecule has 0 bridgehead atoms. The van der Waals surface area contributed by atoms with Crippen LogP contribution in [0.5, 0.6) is 5.75 Å². The Labute approximate surface area is 168 Å². The minimum absolute atomic E-state index is 0.0275. The molecule has 9 nitrogen and oxygen atoms in total. The summed E-state index contributed by atoms with van der Waals surface area (Å²) in [5, 5.41) is 21.6. The fourth-order valence-electron chi connectivity index (χ4n) is 2.92. The molecule has 3 rings (SSSR count). The number of nitrogens with one attached hydrogen (secondary N) is 2. The van der Waals surface area contributed by atoms with E-state index in [0.29, 0.717) is 11.3 Å². The van der Waals surface area contributed by atoms with Gasteiger partial charge in [0.05, 0.1) is 17.7 Å². The van der Waals surface area contributed by atoms with E-state index in [0.717, 1.165) is 5.56 Å². The Kier molecular flexibility index (Phi) is 5.36. The minimum Gasteiger partial charge on any atom is -0.488 e. The van der Waals surface area contributed by atoms with Crippen molar-refractivity contribution in [2.24, 2.45) is 7.05 Å². The van der Waals surface area contributed by atoms with Gasteiger partial charge in [0.25, 0.3) is 5.91 Å². The highest BCUT2D eigenvalue weighted by molar-refractivity contribution is 7.89. The number of carbonyl (C=O) groups is 1. The van der Waals surface area contributed by atoms with Gasteiger partial charge in [-0.05, 0) is 24.6 Å². The van der Waals surface area contributed by atoms with Gasteiger partial charge in [0.2, 0.25) is 10.0 Å². The molecule has 0 saturated carbocycles. The number of aliphatic hydroxyl groups excluding tert-OH is 1. The van der Waals surface area contributed by atoms with Crippen molar-refractivity contribution in [2.45, 2.75) is 24.0 Å². The Bertz CT molecular complexity index is 1170. The molecule has 2 aromatic rings. The normalized spacial score (nSPS) is 18.3. The summed E-state index contributed by atoms with van der Waals surface area (Å²) in [7, 11) is -2.58. The van der Waals surface area contributed by atoms with Gasteiger partial charge in [0.1, 0.15) is 17.6 Å². The van der Waals surface area contributed by atoms with Crippen LogP contribution in [0.1, 0.15) is 21.6 Å². The van der Waals surface area contributed by atoms with Crippen LogP contribution >= 0.6 is 0 Å². The van der Waals surface area contributed by atoms with Crippen molar-refractivity contribution in [3.63, 3.8) is 0 Å². The number of benzene rings is 1. The number of nitrogens with zero attached hydrogens (tertiary/aromatic N) is 2. The van der Waals surface area contributed by atoms with Crippen molar-refractivity contribution >= 4 is 21.6 Å². The molecule has 1 aliphatic heterocycles. The van der Waals surface area contributed by atoms with Gasteiger partial charge in [-0.3, -0.25) is 4.79 Å². The predicted molar refractivity (Wildman–Crippen MR) is 104 cm³/mol. The zero-order chi connectivity index (χ0) is 21.3. The van der Waals surface area contributed by atoms with Gasteiger partial charge < -0.3 is 19.7 Å². The van der Waals surface area contributed by atoms with Gasteiger partial charge in [0.15, 0.2) is 11.4 Å². The molecule has 0 spiro atoms. The predicted octanol–water partition coefficient (Wildman–Crippen LogP) is 0.491. The fourth-order valence-corrected chi connectivity index (χ4v) is 4.34. The molecule has 3 N–H and O–H groups in total. The van der Waals surface area contributed by atoms with Crippen LogP contribution in [0, 0.1) is 30.6 Å². The third kappa shape index (κ3) is 3.82. The lowest BCUT2D eigenvalue weighted by Gasteiger charge is -2.17. The molecule has 2 heterocycles. The SMILES string of the molecule is C#C[C@H](O)[C@@H]1COc2c(cn(C)c2C(=O)Nc2ccc(C)c(C#N)c2)S(=O)(=O)N1. The van der Waals surface area contributed by atoms with Crippen LogP contribution in [0.25, 0.3) is 0 Å². The average Bonchev–Trinajstić information content (AvgIpc) is 2.96. The van der Waals surface area contributed by atoms with Crippen molar-refractivity contribution in [3.05, 3.63) is 41.2 Å². The summed E-state index contributed by atoms with van der Waals surface area (Å²) in [6.07, 6.45) is 5.01. The summed E-state index contributed by atoms with van der Waals surface area (Å²) < 4.78 is 34.5. The molecule has 29 heavy (non-hydrogen) atoms. The van der Waals surface area contributed by atoms with Crippen LogP contribution in [-0.4, -0.2) is 42.8 Å². The summed E-state index contributed by atoms with van der Waals surface area (Å²) in [5.41, 5.74) is 1.52. The molecule has 10 heteroatoms. The number of carbonyl (C=O) groups excluding carboxylic acids is 1. The van der Waals surface area contributed by atoms with Crippen LogP contribution < -0.4 is 14.8 Å². The second-order valence-corrected chi connectivity index (χ2v) is 8.21. The van der Waals surface area contributed by atoms with Crippen LogP contribution in [-0.2, 0) is 17.1 Å². The second-order valence-electron chi connectivity index (χ2n) is 6.53. The van der Waals surface area contributed by atoms with Crippen LogP contribution in [0.4, 0.5) is 5.69 Å². The third-order valence-corrected chi connectivity index (χ3v) is 5.97. The number of anilines is 1. The Morgan fingerprint density at radius 2 is 2.24 bits per heavy atom. The van der Waals surface area contributed by atoms with Crippen LogP contribution in [0.2, 0.25) is 0 Å². The molecule has 0 fully saturated rings. The summed E-state index contributed by atoms with van der Waals surface area (Å²) in [6.45, 7) is 1.51. The number of hydrogen-bond donors (Lipinski definition) is 3. The number of fused-ring (bicyclic) bond motifs is 1. The number of ether oxygens (including phenoxy) is 1. The molecule has 1 aromatic carbocycles. The Hall–Kier alpha value is -3.31. The third-order valence-electron chi connectivity index (χ3n) is 4.49. The number of aromatic nitrogens is 1. The number of hydrogen-bond acceptors (Lipinski definition) is 6. The standard InChI is InChI=1S/C19H18N4O5S/c1-4-15(24)14-10-28-18-16(29(26,27)22-14)9-23(3)17(18)19(25)21-13-6-5-11(2)12(7-13)8-20/h1,5-7,9,14-15,22,24H,10H2,2-3H3,(H,21,25)/t14-,15-/m0/s1. The van der Waals surface area contributed by atoms with Gasteiger partial charge in [-0.15, -0.1) is 6.42 Å². The van der Waals surface area contributed by atoms with Gasteiger partial charge in [-0.25, -0.2) is 13.1 Å². The van der Waals surface area contributed by atoms with Crippen molar-refractivity contribution in [3.8, 4) is 24.2 Å². The summed E-state index contributed by atoms with van der Waals surface area (Å²) in [5.74, 6) is 1.29. The van der Waals surface area contributed by atoms with Crippen molar-refractivity contribution < 1.29 is 23.1 Å². The van der Waals surface area contributed by atoms with E-state index in [4.69, 9.17) is 16.4 Å². The second kappa shape index (κ2) is 7.60. The molecule has 0 saturated heterocycles. The lowest BCUT2D eigenvalue weighted by atomic mass is 10.1. The van der Waals surface area contributed by atoms with Gasteiger partial charge in [-0.2, -0.15) is 5.26 Å². The minimum atomic E-state index is -4.08. The first-order chi connectivity index (χ1) is 13.7. The molecular formula is C19H18N4O5S. The number of rotatable bonds is 3. The van der Waals surface area contributed by atoms with Crippen molar-refractivity contribution in [1.82, 2.24) is 9.29 Å². The smallest absolute Gasteiger partial charge is 0.276 e. The molecule has 0 radical (unpaired) electrons. The van der Waals surface area contributed by atoms with Gasteiger partial charge >= 0.3 is 0 Å². The maximum atomic E-state index is 12.9. The van der Waals surface area contributed by atoms with E-state index in [1.165, 1.54) is 23.9 Å².